The highest BCUT2D eigenvalue weighted by atomic mass is 16.1. The Morgan fingerprint density at radius 2 is 2.33 bits per heavy atom. The predicted molar refractivity (Wildman–Crippen MR) is 60.9 cm³/mol. The monoisotopic (exact) mass is 206 g/mol. The lowest BCUT2D eigenvalue weighted by atomic mass is 10.1. The quantitative estimate of drug-likeness (QED) is 0.802. The molecule has 1 aromatic rings. The molecule has 0 unspecified atom stereocenters. The minimum absolute atomic E-state index is 0.0649. The van der Waals surface area contributed by atoms with Crippen molar-refractivity contribution in [2.75, 3.05) is 6.54 Å². The van der Waals surface area contributed by atoms with Crippen LogP contribution in [0.3, 0.4) is 0 Å². The third-order valence-electron chi connectivity index (χ3n) is 3.17. The number of aromatic amines is 1. The van der Waals surface area contributed by atoms with E-state index in [2.05, 4.69) is 23.7 Å². The van der Waals surface area contributed by atoms with E-state index in [9.17, 15) is 4.79 Å². The van der Waals surface area contributed by atoms with Crippen molar-refractivity contribution < 1.29 is 0 Å². The Kier molecular flexibility index (Phi) is 2.91. The summed E-state index contributed by atoms with van der Waals surface area (Å²) >= 11 is 0. The Hall–Kier alpha value is -1.09. The molecule has 0 amide bonds. The highest BCUT2D eigenvalue weighted by molar-refractivity contribution is 5.15. The lowest BCUT2D eigenvalue weighted by molar-refractivity contribution is 0.204. The summed E-state index contributed by atoms with van der Waals surface area (Å²) in [5.74, 6) is 0. The molecule has 1 atom stereocenters. The van der Waals surface area contributed by atoms with Gasteiger partial charge in [-0.3, -0.25) is 9.69 Å². The number of H-pyrrole nitrogens is 1. The summed E-state index contributed by atoms with van der Waals surface area (Å²) < 4.78 is 0. The molecule has 15 heavy (non-hydrogen) atoms. The molecule has 82 valence electrons. The van der Waals surface area contributed by atoms with Crippen molar-refractivity contribution in [2.45, 2.75) is 38.8 Å². The summed E-state index contributed by atoms with van der Waals surface area (Å²) in [5, 5.41) is 0. The SMILES string of the molecule is CC(C)N1CCC[C@H]1c1ccc[nH]c1=O. The Bertz CT molecular complexity index is 383. The van der Waals surface area contributed by atoms with Crippen LogP contribution in [0.25, 0.3) is 0 Å². The Morgan fingerprint density at radius 1 is 1.53 bits per heavy atom. The first-order valence-electron chi connectivity index (χ1n) is 5.63. The molecule has 1 aliphatic heterocycles. The summed E-state index contributed by atoms with van der Waals surface area (Å²) in [7, 11) is 0. The average Bonchev–Trinajstić information content (AvgIpc) is 2.67. The lowest BCUT2D eigenvalue weighted by Gasteiger charge is -2.27. The number of hydrogen-bond acceptors (Lipinski definition) is 2. The second-order valence-corrected chi connectivity index (χ2v) is 4.44. The summed E-state index contributed by atoms with van der Waals surface area (Å²) in [6.45, 7) is 5.49. The van der Waals surface area contributed by atoms with E-state index >= 15 is 0 Å². The van der Waals surface area contributed by atoms with Gasteiger partial charge in [0.25, 0.3) is 5.56 Å². The second-order valence-electron chi connectivity index (χ2n) is 4.44. The highest BCUT2D eigenvalue weighted by Crippen LogP contribution is 2.31. The van der Waals surface area contributed by atoms with E-state index < -0.39 is 0 Å². The van der Waals surface area contributed by atoms with Crippen LogP contribution in [0, 0.1) is 0 Å². The maximum Gasteiger partial charge on any atom is 0.252 e. The van der Waals surface area contributed by atoms with Crippen LogP contribution in [0.2, 0.25) is 0 Å². The number of pyridine rings is 1. The average molecular weight is 206 g/mol. The molecule has 0 aromatic carbocycles. The molecule has 3 nitrogen and oxygen atoms in total. The molecule has 1 aromatic heterocycles. The number of hydrogen-bond donors (Lipinski definition) is 1. The maximum absolute atomic E-state index is 11.7. The number of likely N-dealkylation sites (tertiary alicyclic amines) is 1. The lowest BCUT2D eigenvalue weighted by Crippen LogP contribution is -2.32. The molecular formula is C12H18N2O. The molecule has 0 saturated carbocycles. The summed E-state index contributed by atoms with van der Waals surface area (Å²) in [6, 6.07) is 4.68. The molecule has 0 spiro atoms. The van der Waals surface area contributed by atoms with Crippen LogP contribution in [0.1, 0.15) is 38.3 Å². The van der Waals surface area contributed by atoms with E-state index in [0.29, 0.717) is 12.1 Å². The zero-order valence-corrected chi connectivity index (χ0v) is 9.36. The number of rotatable bonds is 2. The standard InChI is InChI=1S/C12H18N2O/c1-9(2)14-8-4-6-11(14)10-5-3-7-13-12(10)15/h3,5,7,9,11H,4,6,8H2,1-2H3,(H,13,15)/t11-/m0/s1. The fourth-order valence-corrected chi connectivity index (χ4v) is 2.44. The largest absolute Gasteiger partial charge is 0.329 e. The van der Waals surface area contributed by atoms with Crippen LogP contribution >= 0.6 is 0 Å². The van der Waals surface area contributed by atoms with Gasteiger partial charge in [-0.05, 0) is 39.3 Å². The second kappa shape index (κ2) is 4.19. The van der Waals surface area contributed by atoms with Gasteiger partial charge in [0.2, 0.25) is 0 Å². The molecule has 2 rings (SSSR count). The smallest absolute Gasteiger partial charge is 0.252 e. The van der Waals surface area contributed by atoms with Crippen molar-refractivity contribution >= 4 is 0 Å². The van der Waals surface area contributed by atoms with Crippen LogP contribution in [0.5, 0.6) is 0 Å². The fraction of sp³-hybridized carbons (Fsp3) is 0.583. The zero-order chi connectivity index (χ0) is 10.8. The predicted octanol–water partition coefficient (Wildman–Crippen LogP) is 1.92. The molecule has 3 heteroatoms. The van der Waals surface area contributed by atoms with Gasteiger partial charge in [-0.25, -0.2) is 0 Å². The Morgan fingerprint density at radius 3 is 3.00 bits per heavy atom. The molecule has 2 heterocycles. The Labute approximate surface area is 90.1 Å². The van der Waals surface area contributed by atoms with Crippen molar-refractivity contribution in [3.63, 3.8) is 0 Å². The summed E-state index contributed by atoms with van der Waals surface area (Å²) in [5.41, 5.74) is 0.985. The minimum Gasteiger partial charge on any atom is -0.329 e. The van der Waals surface area contributed by atoms with Crippen LogP contribution < -0.4 is 5.56 Å². The minimum atomic E-state index is 0.0649. The first-order valence-corrected chi connectivity index (χ1v) is 5.63. The summed E-state index contributed by atoms with van der Waals surface area (Å²) in [4.78, 5) is 16.9. The van der Waals surface area contributed by atoms with E-state index in [4.69, 9.17) is 0 Å². The molecule has 0 bridgehead atoms. The van der Waals surface area contributed by atoms with E-state index in [1.54, 1.807) is 6.20 Å². The maximum atomic E-state index is 11.7. The van der Waals surface area contributed by atoms with Crippen molar-refractivity contribution in [1.29, 1.82) is 0 Å². The molecule has 1 fully saturated rings. The molecule has 1 saturated heterocycles. The van der Waals surface area contributed by atoms with Gasteiger partial charge in [-0.1, -0.05) is 6.07 Å². The van der Waals surface area contributed by atoms with Gasteiger partial charge in [0.15, 0.2) is 0 Å². The van der Waals surface area contributed by atoms with Crippen LogP contribution in [-0.4, -0.2) is 22.5 Å². The third kappa shape index (κ3) is 1.97. The first kappa shape index (κ1) is 10.4. The fourth-order valence-electron chi connectivity index (χ4n) is 2.44. The Balaban J connectivity index is 2.31. The van der Waals surface area contributed by atoms with E-state index in [-0.39, 0.29) is 5.56 Å². The molecule has 1 N–H and O–H groups in total. The summed E-state index contributed by atoms with van der Waals surface area (Å²) in [6.07, 6.45) is 3.99. The molecule has 0 aliphatic carbocycles. The van der Waals surface area contributed by atoms with E-state index in [0.717, 1.165) is 18.5 Å². The van der Waals surface area contributed by atoms with Crippen molar-refractivity contribution in [2.24, 2.45) is 0 Å². The third-order valence-corrected chi connectivity index (χ3v) is 3.17. The van der Waals surface area contributed by atoms with Crippen LogP contribution in [-0.2, 0) is 0 Å². The number of nitrogens with zero attached hydrogens (tertiary/aromatic N) is 1. The first-order chi connectivity index (χ1) is 7.20. The van der Waals surface area contributed by atoms with Crippen molar-refractivity contribution in [3.8, 4) is 0 Å². The normalized spacial score (nSPS) is 22.5. The molecule has 1 aliphatic rings. The van der Waals surface area contributed by atoms with Crippen molar-refractivity contribution in [1.82, 2.24) is 9.88 Å². The van der Waals surface area contributed by atoms with Gasteiger partial charge < -0.3 is 4.98 Å². The molecular weight excluding hydrogens is 188 g/mol. The topological polar surface area (TPSA) is 36.1 Å². The van der Waals surface area contributed by atoms with Gasteiger partial charge in [0.1, 0.15) is 0 Å². The van der Waals surface area contributed by atoms with E-state index in [1.807, 2.05) is 12.1 Å². The number of nitrogens with one attached hydrogen (secondary N) is 1. The highest BCUT2D eigenvalue weighted by Gasteiger charge is 2.29. The zero-order valence-electron chi connectivity index (χ0n) is 9.36. The van der Waals surface area contributed by atoms with Gasteiger partial charge in [-0.15, -0.1) is 0 Å². The van der Waals surface area contributed by atoms with Gasteiger partial charge in [-0.2, -0.15) is 0 Å². The van der Waals surface area contributed by atoms with Gasteiger partial charge >= 0.3 is 0 Å². The van der Waals surface area contributed by atoms with E-state index in [1.165, 1.54) is 6.42 Å². The molecule has 0 radical (unpaired) electrons. The number of aromatic nitrogens is 1. The van der Waals surface area contributed by atoms with Crippen molar-refractivity contribution in [3.05, 3.63) is 34.2 Å². The van der Waals surface area contributed by atoms with Crippen LogP contribution in [0.15, 0.2) is 23.1 Å². The van der Waals surface area contributed by atoms with Gasteiger partial charge in [0, 0.05) is 23.8 Å². The van der Waals surface area contributed by atoms with Crippen LogP contribution in [0.4, 0.5) is 0 Å². The van der Waals surface area contributed by atoms with Gasteiger partial charge in [0.05, 0.1) is 0 Å².